The molecule has 1 unspecified atom stereocenters. The fraction of sp³-hybridized carbons (Fsp3) is 0.444. The van der Waals surface area contributed by atoms with Gasteiger partial charge in [-0.1, -0.05) is 33.6 Å². The molecule has 6 nitrogen and oxygen atoms in total. The van der Waals surface area contributed by atoms with Crippen molar-refractivity contribution >= 4 is 33.5 Å². The van der Waals surface area contributed by atoms with Crippen molar-refractivity contribution in [2.75, 3.05) is 26.2 Å². The van der Waals surface area contributed by atoms with Gasteiger partial charge in [0, 0.05) is 41.4 Å². The summed E-state index contributed by atoms with van der Waals surface area (Å²) in [6.07, 6.45) is 3.86. The highest BCUT2D eigenvalue weighted by Gasteiger charge is 2.25. The van der Waals surface area contributed by atoms with Crippen LogP contribution in [0.5, 0.6) is 0 Å². The summed E-state index contributed by atoms with van der Waals surface area (Å²) in [4.78, 5) is 7.02. The molecule has 0 radical (unpaired) electrons. The average molecular weight is 441 g/mol. The highest BCUT2D eigenvalue weighted by molar-refractivity contribution is 9.10. The van der Waals surface area contributed by atoms with Crippen molar-refractivity contribution < 1.29 is 4.74 Å². The summed E-state index contributed by atoms with van der Waals surface area (Å²) in [5.41, 5.74) is 2.09. The van der Waals surface area contributed by atoms with Crippen molar-refractivity contribution in [2.24, 2.45) is 12.0 Å². The SMILES string of the molecule is CCNC(=NCc1ccc(Br)cc1Cl)N1CCOC(c2cnn(C)c2)C1. The molecule has 0 bridgehead atoms. The standard InChI is InChI=1S/C18H23BrClN5O/c1-3-21-18(22-9-13-4-5-15(19)8-16(13)20)25-6-7-26-17(12-25)14-10-23-24(2)11-14/h4-5,8,10-11,17H,3,6-7,9,12H2,1-2H3,(H,21,22). The lowest BCUT2D eigenvalue weighted by atomic mass is 10.1. The van der Waals surface area contributed by atoms with Crippen LogP contribution in [0.1, 0.15) is 24.2 Å². The van der Waals surface area contributed by atoms with Gasteiger partial charge in [0.15, 0.2) is 5.96 Å². The number of halogens is 2. The normalized spacial score (nSPS) is 18.2. The molecule has 3 rings (SSSR count). The van der Waals surface area contributed by atoms with E-state index in [0.717, 1.165) is 41.2 Å². The van der Waals surface area contributed by atoms with Crippen LogP contribution in [0.25, 0.3) is 0 Å². The summed E-state index contributed by atoms with van der Waals surface area (Å²) in [6.45, 7) is 5.61. The molecular weight excluding hydrogens is 418 g/mol. The van der Waals surface area contributed by atoms with Gasteiger partial charge in [-0.2, -0.15) is 5.10 Å². The van der Waals surface area contributed by atoms with E-state index in [-0.39, 0.29) is 6.10 Å². The molecule has 2 aromatic rings. The highest BCUT2D eigenvalue weighted by atomic mass is 79.9. The number of guanidine groups is 1. The molecule has 0 saturated carbocycles. The van der Waals surface area contributed by atoms with Crippen LogP contribution in [0.4, 0.5) is 0 Å². The van der Waals surface area contributed by atoms with Crippen molar-refractivity contribution in [1.82, 2.24) is 20.0 Å². The van der Waals surface area contributed by atoms with Crippen molar-refractivity contribution in [3.8, 4) is 0 Å². The Bertz CT molecular complexity index is 779. The van der Waals surface area contributed by atoms with Gasteiger partial charge in [-0.3, -0.25) is 4.68 Å². The number of hydrogen-bond donors (Lipinski definition) is 1. The summed E-state index contributed by atoms with van der Waals surface area (Å²) < 4.78 is 8.69. The topological polar surface area (TPSA) is 54.7 Å². The van der Waals surface area contributed by atoms with Gasteiger partial charge < -0.3 is 15.0 Å². The smallest absolute Gasteiger partial charge is 0.194 e. The molecule has 1 aromatic heterocycles. The Balaban J connectivity index is 1.73. The minimum atomic E-state index is -0.00225. The molecule has 0 aliphatic carbocycles. The number of ether oxygens (including phenoxy) is 1. The Kier molecular flexibility index (Phi) is 6.56. The van der Waals surface area contributed by atoms with E-state index in [1.807, 2.05) is 37.6 Å². The molecular formula is C18H23BrClN5O. The molecule has 1 saturated heterocycles. The van der Waals surface area contributed by atoms with Crippen molar-refractivity contribution in [1.29, 1.82) is 0 Å². The van der Waals surface area contributed by atoms with E-state index in [9.17, 15) is 0 Å². The van der Waals surface area contributed by atoms with Crippen LogP contribution in [-0.2, 0) is 18.3 Å². The first-order valence-electron chi connectivity index (χ1n) is 8.64. The predicted octanol–water partition coefficient (Wildman–Crippen LogP) is 3.38. The molecule has 1 atom stereocenters. The summed E-state index contributed by atoms with van der Waals surface area (Å²) in [7, 11) is 1.91. The minimum absolute atomic E-state index is 0.00225. The van der Waals surface area contributed by atoms with Crippen LogP contribution in [0.3, 0.4) is 0 Å². The number of rotatable bonds is 4. The zero-order valence-electron chi connectivity index (χ0n) is 15.0. The Hall–Kier alpha value is -1.57. The Morgan fingerprint density at radius 3 is 3.04 bits per heavy atom. The zero-order valence-corrected chi connectivity index (χ0v) is 17.3. The number of benzene rings is 1. The van der Waals surface area contributed by atoms with Gasteiger partial charge >= 0.3 is 0 Å². The Labute approximate surface area is 167 Å². The van der Waals surface area contributed by atoms with Gasteiger partial charge in [0.1, 0.15) is 6.10 Å². The largest absolute Gasteiger partial charge is 0.370 e. The third kappa shape index (κ3) is 4.78. The monoisotopic (exact) mass is 439 g/mol. The molecule has 26 heavy (non-hydrogen) atoms. The Morgan fingerprint density at radius 2 is 2.35 bits per heavy atom. The lowest BCUT2D eigenvalue weighted by Gasteiger charge is -2.34. The van der Waals surface area contributed by atoms with E-state index in [2.05, 4.69) is 38.2 Å². The second-order valence-corrected chi connectivity index (χ2v) is 7.48. The van der Waals surface area contributed by atoms with E-state index >= 15 is 0 Å². The summed E-state index contributed by atoms with van der Waals surface area (Å²) in [5, 5.41) is 8.34. The van der Waals surface area contributed by atoms with Gasteiger partial charge in [-0.05, 0) is 24.6 Å². The molecule has 1 fully saturated rings. The predicted molar refractivity (Wildman–Crippen MR) is 107 cm³/mol. The third-order valence-corrected chi connectivity index (χ3v) is 5.06. The number of aryl methyl sites for hydroxylation is 1. The van der Waals surface area contributed by atoms with Crippen LogP contribution in [0.15, 0.2) is 40.1 Å². The van der Waals surface area contributed by atoms with Crippen molar-refractivity contribution in [3.05, 3.63) is 51.2 Å². The number of aromatic nitrogens is 2. The quantitative estimate of drug-likeness (QED) is 0.585. The summed E-state index contributed by atoms with van der Waals surface area (Å²) >= 11 is 9.75. The van der Waals surface area contributed by atoms with Crippen LogP contribution < -0.4 is 5.32 Å². The third-order valence-electron chi connectivity index (χ3n) is 4.21. The number of aliphatic imine (C=N–C) groups is 1. The molecule has 1 N–H and O–H groups in total. The molecule has 2 heterocycles. The number of nitrogens with zero attached hydrogens (tertiary/aromatic N) is 4. The maximum Gasteiger partial charge on any atom is 0.194 e. The molecule has 8 heteroatoms. The molecule has 140 valence electrons. The van der Waals surface area contributed by atoms with Gasteiger partial charge in [0.25, 0.3) is 0 Å². The second-order valence-electron chi connectivity index (χ2n) is 6.16. The van der Waals surface area contributed by atoms with Gasteiger partial charge in [0.2, 0.25) is 0 Å². The first-order valence-corrected chi connectivity index (χ1v) is 9.81. The lowest BCUT2D eigenvalue weighted by Crippen LogP contribution is -2.48. The van der Waals surface area contributed by atoms with Crippen molar-refractivity contribution in [2.45, 2.75) is 19.6 Å². The van der Waals surface area contributed by atoms with Gasteiger partial charge in [0.05, 0.1) is 25.9 Å². The van der Waals surface area contributed by atoms with E-state index in [1.54, 1.807) is 4.68 Å². The van der Waals surface area contributed by atoms with E-state index in [4.69, 9.17) is 21.3 Å². The van der Waals surface area contributed by atoms with Crippen LogP contribution in [0, 0.1) is 0 Å². The minimum Gasteiger partial charge on any atom is -0.370 e. The zero-order chi connectivity index (χ0) is 18.5. The van der Waals surface area contributed by atoms with Gasteiger partial charge in [-0.15, -0.1) is 0 Å². The fourth-order valence-corrected chi connectivity index (χ4v) is 3.62. The fourth-order valence-electron chi connectivity index (χ4n) is 2.89. The van der Waals surface area contributed by atoms with Crippen LogP contribution in [-0.4, -0.2) is 46.9 Å². The number of morpholine rings is 1. The van der Waals surface area contributed by atoms with E-state index in [0.29, 0.717) is 18.2 Å². The molecule has 1 aliphatic heterocycles. The van der Waals surface area contributed by atoms with Crippen LogP contribution >= 0.6 is 27.5 Å². The first kappa shape index (κ1) is 19.2. The molecule has 1 aromatic carbocycles. The Morgan fingerprint density at radius 1 is 1.50 bits per heavy atom. The number of nitrogens with one attached hydrogen (secondary N) is 1. The second kappa shape index (κ2) is 8.88. The molecule has 0 amide bonds. The summed E-state index contributed by atoms with van der Waals surface area (Å²) in [6, 6.07) is 5.88. The summed E-state index contributed by atoms with van der Waals surface area (Å²) in [5.74, 6) is 0.878. The number of hydrogen-bond acceptors (Lipinski definition) is 3. The highest BCUT2D eigenvalue weighted by Crippen LogP contribution is 2.23. The lowest BCUT2D eigenvalue weighted by molar-refractivity contribution is -0.00805. The van der Waals surface area contributed by atoms with E-state index < -0.39 is 0 Å². The molecule has 1 aliphatic rings. The average Bonchev–Trinajstić information content (AvgIpc) is 3.06. The maximum atomic E-state index is 6.32. The molecule has 0 spiro atoms. The van der Waals surface area contributed by atoms with E-state index in [1.165, 1.54) is 0 Å². The van der Waals surface area contributed by atoms with Crippen molar-refractivity contribution in [3.63, 3.8) is 0 Å². The maximum absolute atomic E-state index is 6.32. The van der Waals surface area contributed by atoms with Crippen LogP contribution in [0.2, 0.25) is 5.02 Å². The van der Waals surface area contributed by atoms with Gasteiger partial charge in [-0.25, -0.2) is 4.99 Å². The first-order chi connectivity index (χ1) is 12.6.